The molecule has 0 aliphatic rings. The minimum atomic E-state index is 0.0203. The van der Waals surface area contributed by atoms with Crippen molar-refractivity contribution in [1.82, 2.24) is 9.47 Å². The van der Waals surface area contributed by atoms with E-state index < -0.39 is 0 Å². The maximum Gasteiger partial charge on any atom is 0.242 e. The Hall–Kier alpha value is -1.29. The van der Waals surface area contributed by atoms with E-state index in [1.807, 2.05) is 26.1 Å². The average molecular weight is 210 g/mol. The molecule has 15 heavy (non-hydrogen) atoms. The summed E-state index contributed by atoms with van der Waals surface area (Å²) in [5.41, 5.74) is 0.836. The molecule has 0 aliphatic carbocycles. The van der Waals surface area contributed by atoms with Gasteiger partial charge in [0.25, 0.3) is 0 Å². The van der Waals surface area contributed by atoms with Gasteiger partial charge in [-0.15, -0.1) is 0 Å². The van der Waals surface area contributed by atoms with E-state index >= 15 is 0 Å². The molecule has 0 spiro atoms. The summed E-state index contributed by atoms with van der Waals surface area (Å²) in [6.45, 7) is 5.79. The summed E-state index contributed by atoms with van der Waals surface area (Å²) in [6.07, 6.45) is 3.61. The topological polar surface area (TPSA) is 45.5 Å². The maximum absolute atomic E-state index is 11.7. The number of rotatable bonds is 5. The molecule has 1 N–H and O–H groups in total. The van der Waals surface area contributed by atoms with Gasteiger partial charge in [0, 0.05) is 25.5 Å². The molecule has 84 valence electrons. The standard InChI is InChI=1S/C11H18N2O2/c1-3-13(4-2)11(15)8-12-6-5-10(7-12)9-14/h5-7,14H,3-4,8-9H2,1-2H3. The van der Waals surface area contributed by atoms with Gasteiger partial charge in [0.2, 0.25) is 5.91 Å². The lowest BCUT2D eigenvalue weighted by Gasteiger charge is -2.18. The van der Waals surface area contributed by atoms with E-state index in [0.29, 0.717) is 6.54 Å². The Morgan fingerprint density at radius 3 is 2.60 bits per heavy atom. The number of aromatic nitrogens is 1. The zero-order chi connectivity index (χ0) is 11.3. The first-order valence-corrected chi connectivity index (χ1v) is 5.24. The van der Waals surface area contributed by atoms with Crippen molar-refractivity contribution in [3.8, 4) is 0 Å². The number of hydrogen-bond donors (Lipinski definition) is 1. The lowest BCUT2D eigenvalue weighted by atomic mass is 10.4. The fourth-order valence-electron chi connectivity index (χ4n) is 1.51. The molecule has 0 aliphatic heterocycles. The van der Waals surface area contributed by atoms with Gasteiger partial charge in [0.15, 0.2) is 0 Å². The number of aliphatic hydroxyl groups is 1. The third-order valence-corrected chi connectivity index (χ3v) is 2.43. The summed E-state index contributed by atoms with van der Waals surface area (Å²) in [6, 6.07) is 1.81. The second-order valence-electron chi connectivity index (χ2n) is 3.42. The predicted octanol–water partition coefficient (Wildman–Crippen LogP) is 0.849. The lowest BCUT2D eigenvalue weighted by Crippen LogP contribution is -2.33. The third-order valence-electron chi connectivity index (χ3n) is 2.43. The Labute approximate surface area is 90.1 Å². The minimum Gasteiger partial charge on any atom is -0.392 e. The second kappa shape index (κ2) is 5.56. The molecule has 4 nitrogen and oxygen atoms in total. The summed E-state index contributed by atoms with van der Waals surface area (Å²) >= 11 is 0. The Balaban J connectivity index is 2.57. The van der Waals surface area contributed by atoms with E-state index in [2.05, 4.69) is 0 Å². The Morgan fingerprint density at radius 2 is 2.13 bits per heavy atom. The van der Waals surface area contributed by atoms with Gasteiger partial charge in [0.1, 0.15) is 6.54 Å². The summed E-state index contributed by atoms with van der Waals surface area (Å²) < 4.78 is 1.80. The van der Waals surface area contributed by atoms with Crippen LogP contribution < -0.4 is 0 Å². The van der Waals surface area contributed by atoms with Crippen LogP contribution in [0.4, 0.5) is 0 Å². The average Bonchev–Trinajstić information content (AvgIpc) is 2.67. The van der Waals surface area contributed by atoms with Gasteiger partial charge >= 0.3 is 0 Å². The molecule has 0 saturated carbocycles. The Kier molecular flexibility index (Phi) is 4.37. The van der Waals surface area contributed by atoms with Gasteiger partial charge in [0.05, 0.1) is 6.61 Å². The first-order valence-electron chi connectivity index (χ1n) is 5.24. The largest absolute Gasteiger partial charge is 0.392 e. The van der Waals surface area contributed by atoms with Crippen molar-refractivity contribution in [2.24, 2.45) is 0 Å². The van der Waals surface area contributed by atoms with Crippen molar-refractivity contribution in [2.75, 3.05) is 13.1 Å². The van der Waals surface area contributed by atoms with Crippen LogP contribution in [0.5, 0.6) is 0 Å². The SMILES string of the molecule is CCN(CC)C(=O)Cn1ccc(CO)c1. The molecule has 4 heteroatoms. The third kappa shape index (κ3) is 3.09. The van der Waals surface area contributed by atoms with Gasteiger partial charge in [-0.3, -0.25) is 4.79 Å². The monoisotopic (exact) mass is 210 g/mol. The number of aliphatic hydroxyl groups excluding tert-OH is 1. The van der Waals surface area contributed by atoms with Gasteiger partial charge in [-0.25, -0.2) is 0 Å². The van der Waals surface area contributed by atoms with Gasteiger partial charge in [-0.2, -0.15) is 0 Å². The molecule has 1 heterocycles. The van der Waals surface area contributed by atoms with Gasteiger partial charge in [-0.1, -0.05) is 0 Å². The predicted molar refractivity (Wildman–Crippen MR) is 58.3 cm³/mol. The quantitative estimate of drug-likeness (QED) is 0.783. The summed E-state index contributed by atoms with van der Waals surface area (Å²) in [4.78, 5) is 13.5. The van der Waals surface area contributed by atoms with Crippen LogP contribution in [0, 0.1) is 0 Å². The van der Waals surface area contributed by atoms with E-state index in [1.54, 1.807) is 15.7 Å². The van der Waals surface area contributed by atoms with E-state index in [9.17, 15) is 4.79 Å². The molecule has 1 amide bonds. The highest BCUT2D eigenvalue weighted by molar-refractivity contribution is 5.75. The van der Waals surface area contributed by atoms with Crippen LogP contribution in [0.2, 0.25) is 0 Å². The molecule has 1 aromatic heterocycles. The molecular formula is C11H18N2O2. The zero-order valence-corrected chi connectivity index (χ0v) is 9.31. The first kappa shape index (κ1) is 11.8. The smallest absolute Gasteiger partial charge is 0.242 e. The van der Waals surface area contributed by atoms with Crippen LogP contribution in [0.25, 0.3) is 0 Å². The number of nitrogens with zero attached hydrogens (tertiary/aromatic N) is 2. The van der Waals surface area contributed by atoms with Crippen molar-refractivity contribution in [1.29, 1.82) is 0 Å². The lowest BCUT2D eigenvalue weighted by molar-refractivity contribution is -0.131. The number of likely N-dealkylation sites (N-methyl/N-ethyl adjacent to an activating group) is 1. The van der Waals surface area contributed by atoms with Crippen LogP contribution in [-0.4, -0.2) is 33.6 Å². The first-order chi connectivity index (χ1) is 7.21. The van der Waals surface area contributed by atoms with Crippen molar-refractivity contribution in [3.63, 3.8) is 0 Å². The molecule has 0 fully saturated rings. The maximum atomic E-state index is 11.7. The summed E-state index contributed by atoms with van der Waals surface area (Å²) in [7, 11) is 0. The zero-order valence-electron chi connectivity index (χ0n) is 9.31. The van der Waals surface area contributed by atoms with Crippen LogP contribution in [0.3, 0.4) is 0 Å². The Bertz CT molecular complexity index is 316. The van der Waals surface area contributed by atoms with Crippen LogP contribution >= 0.6 is 0 Å². The van der Waals surface area contributed by atoms with Crippen LogP contribution in [0.15, 0.2) is 18.5 Å². The minimum absolute atomic E-state index is 0.0203. The molecular weight excluding hydrogens is 192 g/mol. The molecule has 0 bridgehead atoms. The number of hydrogen-bond acceptors (Lipinski definition) is 2. The molecule has 0 radical (unpaired) electrons. The molecule has 0 atom stereocenters. The van der Waals surface area contributed by atoms with E-state index in [4.69, 9.17) is 5.11 Å². The number of carbonyl (C=O) groups is 1. The fraction of sp³-hybridized carbons (Fsp3) is 0.545. The van der Waals surface area contributed by atoms with Crippen LogP contribution in [0.1, 0.15) is 19.4 Å². The van der Waals surface area contributed by atoms with Crippen LogP contribution in [-0.2, 0) is 17.9 Å². The molecule has 0 aromatic carbocycles. The summed E-state index contributed by atoms with van der Waals surface area (Å²) in [5, 5.41) is 8.88. The van der Waals surface area contributed by atoms with E-state index in [1.165, 1.54) is 0 Å². The van der Waals surface area contributed by atoms with Crippen molar-refractivity contribution >= 4 is 5.91 Å². The van der Waals surface area contributed by atoms with Crippen molar-refractivity contribution in [3.05, 3.63) is 24.0 Å². The van der Waals surface area contributed by atoms with Gasteiger partial charge < -0.3 is 14.6 Å². The van der Waals surface area contributed by atoms with Crippen molar-refractivity contribution in [2.45, 2.75) is 27.0 Å². The highest BCUT2D eigenvalue weighted by Gasteiger charge is 2.09. The van der Waals surface area contributed by atoms with Gasteiger partial charge in [-0.05, 0) is 25.5 Å². The van der Waals surface area contributed by atoms with E-state index in [0.717, 1.165) is 18.7 Å². The highest BCUT2D eigenvalue weighted by atomic mass is 16.3. The molecule has 1 aromatic rings. The number of amides is 1. The number of carbonyl (C=O) groups excluding carboxylic acids is 1. The molecule has 1 rings (SSSR count). The fourth-order valence-corrected chi connectivity index (χ4v) is 1.51. The normalized spacial score (nSPS) is 10.3. The molecule has 0 unspecified atom stereocenters. The highest BCUT2D eigenvalue weighted by Crippen LogP contribution is 2.02. The van der Waals surface area contributed by atoms with Crippen molar-refractivity contribution < 1.29 is 9.90 Å². The summed E-state index contributed by atoms with van der Waals surface area (Å²) in [5.74, 6) is 0.111. The Morgan fingerprint density at radius 1 is 1.47 bits per heavy atom. The van der Waals surface area contributed by atoms with E-state index in [-0.39, 0.29) is 12.5 Å². The molecule has 0 saturated heterocycles. The second-order valence-corrected chi connectivity index (χ2v) is 3.42.